The summed E-state index contributed by atoms with van der Waals surface area (Å²) in [5, 5.41) is 0. The summed E-state index contributed by atoms with van der Waals surface area (Å²) in [6, 6.07) is 12.2. The third-order valence-electron chi connectivity index (χ3n) is 5.09. The molecule has 0 N–H and O–H groups in total. The molecule has 0 atom stereocenters. The van der Waals surface area contributed by atoms with Crippen LogP contribution in [0.1, 0.15) is 40.3 Å². The van der Waals surface area contributed by atoms with Crippen LogP contribution in [0.2, 0.25) is 0 Å². The number of thioether (sulfide) groups is 1. The number of carbonyl (C=O) groups is 2. The van der Waals surface area contributed by atoms with E-state index < -0.39 is 0 Å². The van der Waals surface area contributed by atoms with Crippen LogP contribution in [0.15, 0.2) is 40.6 Å². The third-order valence-corrected chi connectivity index (χ3v) is 7.66. The average molecular weight is 401 g/mol. The van der Waals surface area contributed by atoms with Gasteiger partial charge in [0, 0.05) is 48.6 Å². The van der Waals surface area contributed by atoms with E-state index >= 15 is 0 Å². The molecule has 0 radical (unpaired) electrons. The summed E-state index contributed by atoms with van der Waals surface area (Å²) in [5.74, 6) is 0.300. The highest BCUT2D eigenvalue weighted by Gasteiger charge is 2.34. The number of nitrogens with zero attached hydrogens (tertiary/aromatic N) is 2. The molecule has 3 heterocycles. The first-order chi connectivity index (χ1) is 12.9. The number of thiophene rings is 1. The van der Waals surface area contributed by atoms with E-state index in [9.17, 15) is 9.59 Å². The smallest absolute Gasteiger partial charge is 0.186 e. The Morgan fingerprint density at radius 3 is 2.52 bits per heavy atom. The van der Waals surface area contributed by atoms with Crippen LogP contribution < -0.4 is 4.90 Å². The zero-order valence-electron chi connectivity index (χ0n) is 15.7. The minimum absolute atomic E-state index is 0.0803. The maximum atomic E-state index is 12.8. The third kappa shape index (κ3) is 4.13. The first-order valence-corrected chi connectivity index (χ1v) is 11.0. The predicted molar refractivity (Wildman–Crippen MR) is 113 cm³/mol. The number of benzene rings is 1. The molecule has 4 nitrogen and oxygen atoms in total. The van der Waals surface area contributed by atoms with Crippen LogP contribution in [0.3, 0.4) is 0 Å². The van der Waals surface area contributed by atoms with Gasteiger partial charge < -0.3 is 4.90 Å². The monoisotopic (exact) mass is 400 g/mol. The van der Waals surface area contributed by atoms with Crippen LogP contribution in [-0.2, 0) is 0 Å². The molecule has 0 aliphatic carbocycles. The molecule has 1 aromatic heterocycles. The molecule has 0 unspecified atom stereocenters. The molecule has 1 saturated heterocycles. The number of Topliss-reactive ketones (excluding diaryl/α,β-unsaturated/α-hetero) is 2. The highest BCUT2D eigenvalue weighted by Crippen LogP contribution is 2.46. The van der Waals surface area contributed by atoms with E-state index in [4.69, 9.17) is 0 Å². The quantitative estimate of drug-likeness (QED) is 0.719. The molecule has 4 rings (SSSR count). The largest absolute Gasteiger partial charge is 0.369 e. The lowest BCUT2D eigenvalue weighted by atomic mass is 10.0. The van der Waals surface area contributed by atoms with Crippen molar-refractivity contribution in [3.8, 4) is 0 Å². The van der Waals surface area contributed by atoms with Crippen LogP contribution in [0.25, 0.3) is 0 Å². The molecule has 0 amide bonds. The molecule has 27 heavy (non-hydrogen) atoms. The van der Waals surface area contributed by atoms with Gasteiger partial charge in [-0.2, -0.15) is 0 Å². The number of anilines is 1. The number of fused-ring (bicyclic) bond motifs is 1. The van der Waals surface area contributed by atoms with Gasteiger partial charge >= 0.3 is 0 Å². The topological polar surface area (TPSA) is 40.6 Å². The predicted octanol–water partition coefficient (Wildman–Crippen LogP) is 4.21. The molecule has 0 saturated carbocycles. The van der Waals surface area contributed by atoms with Crippen LogP contribution in [0, 0.1) is 0 Å². The van der Waals surface area contributed by atoms with Gasteiger partial charge in [0.2, 0.25) is 0 Å². The number of piperazine rings is 1. The molecular weight excluding hydrogens is 376 g/mol. The van der Waals surface area contributed by atoms with Gasteiger partial charge in [0.1, 0.15) is 0 Å². The summed E-state index contributed by atoms with van der Waals surface area (Å²) >= 11 is 3.22. The van der Waals surface area contributed by atoms with Crippen molar-refractivity contribution in [3.05, 3.63) is 46.8 Å². The Balaban J connectivity index is 1.38. The first-order valence-electron chi connectivity index (χ1n) is 9.33. The summed E-state index contributed by atoms with van der Waals surface area (Å²) < 4.78 is 0.928. The number of para-hydroxylation sites is 1. The summed E-state index contributed by atoms with van der Waals surface area (Å²) in [5.41, 5.74) is 1.99. The van der Waals surface area contributed by atoms with Crippen molar-refractivity contribution < 1.29 is 9.59 Å². The molecule has 2 aliphatic rings. The van der Waals surface area contributed by atoms with Gasteiger partial charge in [0.25, 0.3) is 0 Å². The van der Waals surface area contributed by atoms with Crippen molar-refractivity contribution >= 4 is 40.4 Å². The highest BCUT2D eigenvalue weighted by atomic mass is 32.2. The Kier molecular flexibility index (Phi) is 5.14. The standard InChI is InChI=1S/C21H24N2O2S2/c1-21(2)13-17(24)16-12-19(26-20(16)27-21)18(25)14-22-8-10-23(11-9-22)15-6-4-3-5-7-15/h3-7,12H,8-11,13-14H2,1-2H3. The minimum Gasteiger partial charge on any atom is -0.369 e. The maximum absolute atomic E-state index is 12.8. The normalized spacial score (nSPS) is 19.8. The molecule has 2 aliphatic heterocycles. The number of hydrogen-bond acceptors (Lipinski definition) is 6. The molecule has 0 bridgehead atoms. The van der Waals surface area contributed by atoms with Gasteiger partial charge in [-0.1, -0.05) is 18.2 Å². The number of ketones is 2. The Labute approximate surface area is 168 Å². The Hall–Kier alpha value is -1.63. The van der Waals surface area contributed by atoms with E-state index in [1.165, 1.54) is 17.0 Å². The fourth-order valence-corrected chi connectivity index (χ4v) is 6.57. The lowest BCUT2D eigenvalue weighted by molar-refractivity contribution is 0.0930. The van der Waals surface area contributed by atoms with Crippen molar-refractivity contribution in [1.82, 2.24) is 4.90 Å². The Bertz CT molecular complexity index is 852. The summed E-state index contributed by atoms with van der Waals surface area (Å²) in [6.45, 7) is 8.24. The SMILES string of the molecule is CC1(C)CC(=O)c2cc(C(=O)CN3CCN(c4ccccc4)CC3)sc2S1. The molecule has 6 heteroatoms. The van der Waals surface area contributed by atoms with E-state index in [-0.39, 0.29) is 16.3 Å². The maximum Gasteiger partial charge on any atom is 0.186 e. The fourth-order valence-electron chi connectivity index (χ4n) is 3.63. The Morgan fingerprint density at radius 1 is 1.11 bits per heavy atom. The van der Waals surface area contributed by atoms with Crippen molar-refractivity contribution in [3.63, 3.8) is 0 Å². The lowest BCUT2D eigenvalue weighted by Crippen LogP contribution is -2.47. The number of hydrogen-bond donors (Lipinski definition) is 0. The number of rotatable bonds is 4. The van der Waals surface area contributed by atoms with Gasteiger partial charge in [0.15, 0.2) is 11.6 Å². The van der Waals surface area contributed by atoms with Crippen LogP contribution in [0.4, 0.5) is 5.69 Å². The zero-order valence-corrected chi connectivity index (χ0v) is 17.4. The molecule has 0 spiro atoms. The second-order valence-electron chi connectivity index (χ2n) is 7.80. The summed E-state index contributed by atoms with van der Waals surface area (Å²) in [6.07, 6.45) is 0.538. The van der Waals surface area contributed by atoms with Gasteiger partial charge in [-0.3, -0.25) is 14.5 Å². The van der Waals surface area contributed by atoms with Crippen molar-refractivity contribution in [2.45, 2.75) is 29.2 Å². The average Bonchev–Trinajstić information content (AvgIpc) is 3.06. The minimum atomic E-state index is -0.0803. The molecule has 1 aromatic carbocycles. The van der Waals surface area contributed by atoms with E-state index in [0.29, 0.717) is 13.0 Å². The van der Waals surface area contributed by atoms with Gasteiger partial charge in [-0.05, 0) is 32.0 Å². The van der Waals surface area contributed by atoms with Crippen LogP contribution in [0.5, 0.6) is 0 Å². The summed E-state index contributed by atoms with van der Waals surface area (Å²) in [7, 11) is 0. The fraction of sp³-hybridized carbons (Fsp3) is 0.429. The van der Waals surface area contributed by atoms with E-state index in [1.54, 1.807) is 11.8 Å². The van der Waals surface area contributed by atoms with Crippen LogP contribution >= 0.6 is 23.1 Å². The van der Waals surface area contributed by atoms with Gasteiger partial charge in [0.05, 0.1) is 15.6 Å². The Morgan fingerprint density at radius 2 is 1.81 bits per heavy atom. The van der Waals surface area contributed by atoms with E-state index in [1.807, 2.05) is 12.1 Å². The molecule has 142 valence electrons. The van der Waals surface area contributed by atoms with Crippen molar-refractivity contribution in [2.24, 2.45) is 0 Å². The zero-order chi connectivity index (χ0) is 19.0. The first kappa shape index (κ1) is 18.7. The second kappa shape index (κ2) is 7.41. The molecule has 1 fully saturated rings. The van der Waals surface area contributed by atoms with Crippen molar-refractivity contribution in [1.29, 1.82) is 0 Å². The van der Waals surface area contributed by atoms with E-state index in [2.05, 4.69) is 47.9 Å². The highest BCUT2D eigenvalue weighted by molar-refractivity contribution is 8.02. The van der Waals surface area contributed by atoms with Gasteiger partial charge in [-0.15, -0.1) is 23.1 Å². The lowest BCUT2D eigenvalue weighted by Gasteiger charge is -2.35. The molecule has 2 aromatic rings. The second-order valence-corrected chi connectivity index (χ2v) is 10.8. The summed E-state index contributed by atoms with van der Waals surface area (Å²) in [4.78, 5) is 30.5. The van der Waals surface area contributed by atoms with Crippen LogP contribution in [-0.4, -0.2) is 53.9 Å². The van der Waals surface area contributed by atoms with Gasteiger partial charge in [-0.25, -0.2) is 0 Å². The van der Waals surface area contributed by atoms with Crippen molar-refractivity contribution in [2.75, 3.05) is 37.6 Å². The molecular formula is C21H24N2O2S2. The number of carbonyl (C=O) groups excluding carboxylic acids is 2. The van der Waals surface area contributed by atoms with E-state index in [0.717, 1.165) is 40.8 Å².